The first-order valence-electron chi connectivity index (χ1n) is 7.52. The van der Waals surface area contributed by atoms with Crippen LogP contribution in [-0.2, 0) is 23.5 Å². The van der Waals surface area contributed by atoms with Crippen LogP contribution in [0.5, 0.6) is 5.75 Å². The van der Waals surface area contributed by atoms with E-state index >= 15 is 0 Å². The standard InChI is InChI=1S/C16H20N2O4S/c1-18-9-2-3-14(18)15(19)6-8-17-23(20,21)13-4-5-16-12(11-13)7-10-22-16/h2-5,9,11,15,17,19H,6-8,10H2,1H3. The molecule has 6 nitrogen and oxygen atoms in total. The van der Waals surface area contributed by atoms with Crippen molar-refractivity contribution >= 4 is 10.0 Å². The molecule has 1 aliphatic rings. The van der Waals surface area contributed by atoms with Crippen molar-refractivity contribution in [2.45, 2.75) is 23.8 Å². The van der Waals surface area contributed by atoms with Crippen molar-refractivity contribution in [3.8, 4) is 5.75 Å². The van der Waals surface area contributed by atoms with E-state index in [-0.39, 0.29) is 11.4 Å². The minimum absolute atomic E-state index is 0.169. The highest BCUT2D eigenvalue weighted by atomic mass is 32.2. The van der Waals surface area contributed by atoms with Crippen LogP contribution >= 0.6 is 0 Å². The first-order valence-corrected chi connectivity index (χ1v) is 9.00. The molecule has 0 spiro atoms. The Bertz CT molecular complexity index is 798. The molecule has 0 saturated heterocycles. The van der Waals surface area contributed by atoms with E-state index in [9.17, 15) is 13.5 Å². The van der Waals surface area contributed by atoms with Crippen LogP contribution in [0.3, 0.4) is 0 Å². The number of ether oxygens (including phenoxy) is 1. The number of benzene rings is 1. The van der Waals surface area contributed by atoms with Gasteiger partial charge in [-0.2, -0.15) is 0 Å². The minimum Gasteiger partial charge on any atom is -0.493 e. The quantitative estimate of drug-likeness (QED) is 0.835. The van der Waals surface area contributed by atoms with Crippen molar-refractivity contribution in [1.82, 2.24) is 9.29 Å². The predicted octanol–water partition coefficient (Wildman–Crippen LogP) is 1.36. The van der Waals surface area contributed by atoms with Crippen LogP contribution in [0.1, 0.15) is 23.8 Å². The summed E-state index contributed by atoms with van der Waals surface area (Å²) in [5.41, 5.74) is 1.68. The molecule has 0 saturated carbocycles. The van der Waals surface area contributed by atoms with Crippen molar-refractivity contribution in [1.29, 1.82) is 0 Å². The minimum atomic E-state index is -3.58. The summed E-state index contributed by atoms with van der Waals surface area (Å²) < 4.78 is 34.4. The number of aromatic nitrogens is 1. The summed E-state index contributed by atoms with van der Waals surface area (Å²) in [5.74, 6) is 0.753. The molecule has 2 aromatic rings. The number of sulfonamides is 1. The van der Waals surface area contributed by atoms with Crippen LogP contribution in [0.25, 0.3) is 0 Å². The highest BCUT2D eigenvalue weighted by Gasteiger charge is 2.19. The Morgan fingerprint density at radius 3 is 2.96 bits per heavy atom. The van der Waals surface area contributed by atoms with Gasteiger partial charge in [0.15, 0.2) is 0 Å². The molecule has 2 N–H and O–H groups in total. The molecule has 1 aliphatic heterocycles. The molecule has 0 fully saturated rings. The van der Waals surface area contributed by atoms with E-state index in [2.05, 4.69) is 4.72 Å². The van der Waals surface area contributed by atoms with E-state index in [0.29, 0.717) is 13.0 Å². The number of hydrogen-bond acceptors (Lipinski definition) is 4. The highest BCUT2D eigenvalue weighted by molar-refractivity contribution is 7.89. The maximum atomic E-state index is 12.3. The molecule has 1 unspecified atom stereocenters. The molecule has 0 radical (unpaired) electrons. The Morgan fingerprint density at radius 2 is 2.22 bits per heavy atom. The maximum absolute atomic E-state index is 12.3. The molecule has 124 valence electrons. The first-order chi connectivity index (χ1) is 11.0. The van der Waals surface area contributed by atoms with Crippen LogP contribution in [-0.4, -0.2) is 31.2 Å². The molecule has 23 heavy (non-hydrogen) atoms. The summed E-state index contributed by atoms with van der Waals surface area (Å²) in [4.78, 5) is 0.232. The molecule has 1 aromatic heterocycles. The third-order valence-corrected chi connectivity index (χ3v) is 5.47. The molecule has 0 aliphatic carbocycles. The number of fused-ring (bicyclic) bond motifs is 1. The van der Waals surface area contributed by atoms with Crippen molar-refractivity contribution in [3.05, 3.63) is 47.8 Å². The monoisotopic (exact) mass is 336 g/mol. The van der Waals surface area contributed by atoms with Gasteiger partial charge in [-0.1, -0.05) is 0 Å². The van der Waals surface area contributed by atoms with Gasteiger partial charge in [-0.05, 0) is 42.3 Å². The summed E-state index contributed by atoms with van der Waals surface area (Å²) in [6, 6.07) is 8.54. The van der Waals surface area contributed by atoms with Gasteiger partial charge in [0.05, 0.1) is 17.6 Å². The van der Waals surface area contributed by atoms with Gasteiger partial charge in [0.25, 0.3) is 0 Å². The zero-order valence-corrected chi connectivity index (χ0v) is 13.7. The third kappa shape index (κ3) is 3.41. The van der Waals surface area contributed by atoms with Gasteiger partial charge in [-0.25, -0.2) is 13.1 Å². The number of nitrogens with one attached hydrogen (secondary N) is 1. The molecule has 2 heterocycles. The van der Waals surface area contributed by atoms with Gasteiger partial charge in [0.1, 0.15) is 5.75 Å². The zero-order chi connectivity index (χ0) is 16.4. The van der Waals surface area contributed by atoms with E-state index in [4.69, 9.17) is 4.74 Å². The Balaban J connectivity index is 1.62. The van der Waals surface area contributed by atoms with Crippen molar-refractivity contribution in [2.24, 2.45) is 7.05 Å². The van der Waals surface area contributed by atoms with Crippen LogP contribution < -0.4 is 9.46 Å². The summed E-state index contributed by atoms with van der Waals surface area (Å²) in [7, 11) is -1.74. The average molecular weight is 336 g/mol. The van der Waals surface area contributed by atoms with E-state index in [1.54, 1.807) is 18.2 Å². The fourth-order valence-corrected chi connectivity index (χ4v) is 3.81. The number of aryl methyl sites for hydroxylation is 1. The zero-order valence-electron chi connectivity index (χ0n) is 12.9. The number of aliphatic hydroxyl groups excluding tert-OH is 1. The lowest BCUT2D eigenvalue weighted by Crippen LogP contribution is -2.26. The van der Waals surface area contributed by atoms with Crippen LogP contribution in [0.15, 0.2) is 41.4 Å². The van der Waals surface area contributed by atoms with Gasteiger partial charge >= 0.3 is 0 Å². The fourth-order valence-electron chi connectivity index (χ4n) is 2.71. The molecular weight excluding hydrogens is 316 g/mol. The molecule has 1 aromatic carbocycles. The smallest absolute Gasteiger partial charge is 0.240 e. The number of nitrogens with zero attached hydrogens (tertiary/aromatic N) is 1. The Kier molecular flexibility index (Phi) is 4.43. The van der Waals surface area contributed by atoms with E-state index in [1.165, 1.54) is 0 Å². The SMILES string of the molecule is Cn1cccc1C(O)CCNS(=O)(=O)c1ccc2c(c1)CCO2. The molecule has 3 rings (SSSR count). The molecular formula is C16H20N2O4S. The summed E-state index contributed by atoms with van der Waals surface area (Å²) in [5, 5.41) is 10.1. The average Bonchev–Trinajstić information content (AvgIpc) is 3.14. The number of aliphatic hydroxyl groups is 1. The van der Waals surface area contributed by atoms with Gasteiger partial charge < -0.3 is 14.4 Å². The summed E-state index contributed by atoms with van der Waals surface area (Å²) in [6.07, 6.45) is 2.18. The Morgan fingerprint density at radius 1 is 1.39 bits per heavy atom. The molecule has 0 bridgehead atoms. The molecule has 1 atom stereocenters. The number of rotatable bonds is 6. The van der Waals surface area contributed by atoms with Crippen LogP contribution in [0, 0.1) is 0 Å². The number of hydrogen-bond donors (Lipinski definition) is 2. The van der Waals surface area contributed by atoms with E-state index < -0.39 is 16.1 Å². The largest absolute Gasteiger partial charge is 0.493 e. The second kappa shape index (κ2) is 6.35. The summed E-state index contributed by atoms with van der Waals surface area (Å²) >= 11 is 0. The predicted molar refractivity (Wildman–Crippen MR) is 85.8 cm³/mol. The van der Waals surface area contributed by atoms with Gasteiger partial charge in [0.2, 0.25) is 10.0 Å². The molecule has 0 amide bonds. The molecule has 7 heteroatoms. The van der Waals surface area contributed by atoms with Gasteiger partial charge in [-0.3, -0.25) is 0 Å². The van der Waals surface area contributed by atoms with E-state index in [0.717, 1.165) is 23.4 Å². The van der Waals surface area contributed by atoms with Gasteiger partial charge in [-0.15, -0.1) is 0 Å². The third-order valence-electron chi connectivity index (χ3n) is 4.01. The van der Waals surface area contributed by atoms with Crippen LogP contribution in [0.4, 0.5) is 0 Å². The van der Waals surface area contributed by atoms with Gasteiger partial charge in [0, 0.05) is 31.9 Å². The van der Waals surface area contributed by atoms with Crippen molar-refractivity contribution in [2.75, 3.05) is 13.2 Å². The fraction of sp³-hybridized carbons (Fsp3) is 0.375. The summed E-state index contributed by atoms with van der Waals surface area (Å²) in [6.45, 7) is 0.761. The second-order valence-electron chi connectivity index (χ2n) is 5.61. The Labute approximate surface area is 135 Å². The second-order valence-corrected chi connectivity index (χ2v) is 7.38. The maximum Gasteiger partial charge on any atom is 0.240 e. The lowest BCUT2D eigenvalue weighted by molar-refractivity contribution is 0.161. The highest BCUT2D eigenvalue weighted by Crippen LogP contribution is 2.27. The van der Waals surface area contributed by atoms with Crippen molar-refractivity contribution in [3.63, 3.8) is 0 Å². The normalized spacial score (nSPS) is 15.2. The lowest BCUT2D eigenvalue weighted by atomic mass is 10.2. The Hall–Kier alpha value is -1.83. The lowest BCUT2D eigenvalue weighted by Gasteiger charge is -2.13. The van der Waals surface area contributed by atoms with E-state index in [1.807, 2.05) is 29.9 Å². The first kappa shape index (κ1) is 16.0. The van der Waals surface area contributed by atoms with Crippen molar-refractivity contribution < 1.29 is 18.3 Å². The van der Waals surface area contributed by atoms with Crippen LogP contribution in [0.2, 0.25) is 0 Å². The topological polar surface area (TPSA) is 80.6 Å².